The van der Waals surface area contributed by atoms with Crippen LogP contribution < -0.4 is 0 Å². The number of halogens is 2. The summed E-state index contributed by atoms with van der Waals surface area (Å²) in [4.78, 5) is 12.9. The molecule has 1 aliphatic heterocycles. The predicted octanol–water partition coefficient (Wildman–Crippen LogP) is 2.67. The predicted molar refractivity (Wildman–Crippen MR) is 73.7 cm³/mol. The lowest BCUT2D eigenvalue weighted by atomic mass is 10.1. The Bertz CT molecular complexity index is 467. The standard InChI is InChI=1S/C13H15Cl2NO3/c14-11-3-1-2-9(13(11)15)7-16-4-5-19-8-10(16)6-12(17)18/h1-3,10H,4-8H2,(H,17,18). The molecule has 0 saturated carbocycles. The van der Waals surface area contributed by atoms with Crippen molar-refractivity contribution in [3.05, 3.63) is 33.8 Å². The number of carboxylic acid groups (broad SMARTS) is 1. The molecule has 1 heterocycles. The van der Waals surface area contributed by atoms with Gasteiger partial charge in [-0.15, -0.1) is 0 Å². The van der Waals surface area contributed by atoms with Crippen molar-refractivity contribution in [2.24, 2.45) is 0 Å². The molecule has 0 radical (unpaired) electrons. The summed E-state index contributed by atoms with van der Waals surface area (Å²) in [6.45, 7) is 2.32. The lowest BCUT2D eigenvalue weighted by Crippen LogP contribution is -2.45. The average molecular weight is 304 g/mol. The van der Waals surface area contributed by atoms with Gasteiger partial charge in [-0.1, -0.05) is 35.3 Å². The van der Waals surface area contributed by atoms with E-state index in [1.54, 1.807) is 6.07 Å². The van der Waals surface area contributed by atoms with Crippen LogP contribution in [0, 0.1) is 0 Å². The van der Waals surface area contributed by atoms with E-state index in [1.165, 1.54) is 0 Å². The largest absolute Gasteiger partial charge is 0.481 e. The molecule has 1 aromatic rings. The highest BCUT2D eigenvalue weighted by molar-refractivity contribution is 6.42. The summed E-state index contributed by atoms with van der Waals surface area (Å²) >= 11 is 12.1. The molecular formula is C13H15Cl2NO3. The number of nitrogens with zero attached hydrogens (tertiary/aromatic N) is 1. The van der Waals surface area contributed by atoms with Gasteiger partial charge in [-0.2, -0.15) is 0 Å². The summed E-state index contributed by atoms with van der Waals surface area (Å²) in [5, 5.41) is 9.97. The topological polar surface area (TPSA) is 49.8 Å². The first-order chi connectivity index (χ1) is 9.08. The lowest BCUT2D eigenvalue weighted by Gasteiger charge is -2.35. The first kappa shape index (κ1) is 14.6. The molecule has 6 heteroatoms. The Labute approximate surface area is 121 Å². The van der Waals surface area contributed by atoms with E-state index in [1.807, 2.05) is 12.1 Å². The van der Waals surface area contributed by atoms with Crippen LogP contribution in [0.25, 0.3) is 0 Å². The number of benzene rings is 1. The van der Waals surface area contributed by atoms with Crippen LogP contribution >= 0.6 is 23.2 Å². The zero-order chi connectivity index (χ0) is 13.8. The van der Waals surface area contributed by atoms with E-state index in [0.29, 0.717) is 36.3 Å². The number of hydrogen-bond acceptors (Lipinski definition) is 3. The molecule has 0 bridgehead atoms. The van der Waals surface area contributed by atoms with Crippen molar-refractivity contribution < 1.29 is 14.6 Å². The van der Waals surface area contributed by atoms with Crippen LogP contribution in [0.2, 0.25) is 10.0 Å². The van der Waals surface area contributed by atoms with Crippen LogP contribution in [0.4, 0.5) is 0 Å². The summed E-state index contributed by atoms with van der Waals surface area (Å²) in [6.07, 6.45) is 0.0676. The molecule has 104 valence electrons. The van der Waals surface area contributed by atoms with Crippen molar-refractivity contribution in [2.45, 2.75) is 19.0 Å². The van der Waals surface area contributed by atoms with Gasteiger partial charge < -0.3 is 9.84 Å². The van der Waals surface area contributed by atoms with Gasteiger partial charge in [0.1, 0.15) is 0 Å². The van der Waals surface area contributed by atoms with Gasteiger partial charge in [-0.25, -0.2) is 0 Å². The van der Waals surface area contributed by atoms with Gasteiger partial charge in [-0.3, -0.25) is 9.69 Å². The maximum absolute atomic E-state index is 10.9. The second-order valence-electron chi connectivity index (χ2n) is 4.51. The maximum Gasteiger partial charge on any atom is 0.305 e. The van der Waals surface area contributed by atoms with Crippen molar-refractivity contribution in [1.29, 1.82) is 0 Å². The molecule has 0 aliphatic carbocycles. The number of aliphatic carboxylic acids is 1. The number of ether oxygens (including phenoxy) is 1. The van der Waals surface area contributed by atoms with Crippen LogP contribution in [0.1, 0.15) is 12.0 Å². The number of morpholine rings is 1. The van der Waals surface area contributed by atoms with Crippen molar-refractivity contribution >= 4 is 29.2 Å². The van der Waals surface area contributed by atoms with Crippen LogP contribution in [0.15, 0.2) is 18.2 Å². The van der Waals surface area contributed by atoms with E-state index in [2.05, 4.69) is 4.90 Å². The first-order valence-corrected chi connectivity index (χ1v) is 6.80. The van der Waals surface area contributed by atoms with Crippen LogP contribution in [-0.2, 0) is 16.1 Å². The van der Waals surface area contributed by atoms with Crippen LogP contribution in [-0.4, -0.2) is 41.8 Å². The molecule has 0 spiro atoms. The Morgan fingerprint density at radius 2 is 2.26 bits per heavy atom. The van der Waals surface area contributed by atoms with E-state index in [9.17, 15) is 4.79 Å². The molecule has 4 nitrogen and oxygen atoms in total. The minimum atomic E-state index is -0.822. The highest BCUT2D eigenvalue weighted by Crippen LogP contribution is 2.27. The third-order valence-corrected chi connectivity index (χ3v) is 4.02. The monoisotopic (exact) mass is 303 g/mol. The normalized spacial score (nSPS) is 20.4. The number of rotatable bonds is 4. The highest BCUT2D eigenvalue weighted by Gasteiger charge is 2.25. The maximum atomic E-state index is 10.9. The van der Waals surface area contributed by atoms with Gasteiger partial charge >= 0.3 is 5.97 Å². The second kappa shape index (κ2) is 6.57. The number of carboxylic acids is 1. The van der Waals surface area contributed by atoms with E-state index in [0.717, 1.165) is 5.56 Å². The van der Waals surface area contributed by atoms with Crippen molar-refractivity contribution in [3.63, 3.8) is 0 Å². The van der Waals surface area contributed by atoms with E-state index in [-0.39, 0.29) is 12.5 Å². The van der Waals surface area contributed by atoms with E-state index in [4.69, 9.17) is 33.0 Å². The van der Waals surface area contributed by atoms with Gasteiger partial charge in [0.2, 0.25) is 0 Å². The summed E-state index contributed by atoms with van der Waals surface area (Å²) in [7, 11) is 0. The summed E-state index contributed by atoms with van der Waals surface area (Å²) < 4.78 is 5.34. The summed E-state index contributed by atoms with van der Waals surface area (Å²) in [5.74, 6) is -0.822. The summed E-state index contributed by atoms with van der Waals surface area (Å²) in [6, 6.07) is 5.36. The molecule has 19 heavy (non-hydrogen) atoms. The molecular weight excluding hydrogens is 289 g/mol. The molecule has 1 aromatic carbocycles. The quantitative estimate of drug-likeness (QED) is 0.929. The minimum Gasteiger partial charge on any atom is -0.481 e. The first-order valence-electron chi connectivity index (χ1n) is 6.04. The van der Waals surface area contributed by atoms with Gasteiger partial charge in [0.25, 0.3) is 0 Å². The van der Waals surface area contributed by atoms with Gasteiger partial charge in [0, 0.05) is 19.1 Å². The van der Waals surface area contributed by atoms with Crippen LogP contribution in [0.3, 0.4) is 0 Å². The molecule has 1 atom stereocenters. The molecule has 1 aliphatic rings. The third kappa shape index (κ3) is 3.83. The molecule has 0 aromatic heterocycles. The molecule has 0 amide bonds. The minimum absolute atomic E-state index is 0.0676. The Morgan fingerprint density at radius 1 is 1.47 bits per heavy atom. The van der Waals surface area contributed by atoms with Crippen LogP contribution in [0.5, 0.6) is 0 Å². The van der Waals surface area contributed by atoms with Gasteiger partial charge in [0.05, 0.1) is 29.7 Å². The molecule has 2 rings (SSSR count). The third-order valence-electron chi connectivity index (χ3n) is 3.16. The second-order valence-corrected chi connectivity index (χ2v) is 5.30. The Morgan fingerprint density at radius 3 is 3.00 bits per heavy atom. The summed E-state index contributed by atoms with van der Waals surface area (Å²) in [5.41, 5.74) is 0.909. The zero-order valence-electron chi connectivity index (χ0n) is 10.3. The molecule has 1 fully saturated rings. The highest BCUT2D eigenvalue weighted by atomic mass is 35.5. The lowest BCUT2D eigenvalue weighted by molar-refractivity contribution is -0.140. The van der Waals surface area contributed by atoms with E-state index >= 15 is 0 Å². The smallest absolute Gasteiger partial charge is 0.305 e. The number of hydrogen-bond donors (Lipinski definition) is 1. The fraction of sp³-hybridized carbons (Fsp3) is 0.462. The van der Waals surface area contributed by atoms with Gasteiger partial charge in [0.15, 0.2) is 0 Å². The number of carbonyl (C=O) groups is 1. The molecule has 1 saturated heterocycles. The fourth-order valence-corrected chi connectivity index (χ4v) is 2.56. The SMILES string of the molecule is O=C(O)CC1COCCN1Cc1cccc(Cl)c1Cl. The Hall–Kier alpha value is -0.810. The average Bonchev–Trinajstić information content (AvgIpc) is 2.36. The Balaban J connectivity index is 2.10. The Kier molecular flexibility index (Phi) is 5.05. The van der Waals surface area contributed by atoms with Gasteiger partial charge in [-0.05, 0) is 11.6 Å². The zero-order valence-corrected chi connectivity index (χ0v) is 11.8. The van der Waals surface area contributed by atoms with Crippen molar-refractivity contribution in [2.75, 3.05) is 19.8 Å². The van der Waals surface area contributed by atoms with Crippen molar-refractivity contribution in [3.8, 4) is 0 Å². The van der Waals surface area contributed by atoms with Crippen molar-refractivity contribution in [1.82, 2.24) is 4.90 Å². The van der Waals surface area contributed by atoms with E-state index < -0.39 is 5.97 Å². The molecule has 1 unspecified atom stereocenters. The fourth-order valence-electron chi connectivity index (χ4n) is 2.18. The molecule has 1 N–H and O–H groups in total.